The van der Waals surface area contributed by atoms with Gasteiger partial charge in [-0.3, -0.25) is 0 Å². The molecule has 1 atom stereocenters. The molecule has 19 heavy (non-hydrogen) atoms. The highest BCUT2D eigenvalue weighted by molar-refractivity contribution is 7.15. The second kappa shape index (κ2) is 5.61. The molecule has 0 amide bonds. The Morgan fingerprint density at radius 3 is 3.16 bits per heavy atom. The molecule has 2 aromatic heterocycles. The van der Waals surface area contributed by atoms with E-state index in [1.807, 2.05) is 22.7 Å². The molecule has 0 saturated heterocycles. The molecule has 1 aliphatic carbocycles. The number of aromatic nitrogens is 1. The Hall–Kier alpha value is -0.910. The van der Waals surface area contributed by atoms with Gasteiger partial charge >= 0.3 is 0 Å². The Balaban J connectivity index is 1.68. The summed E-state index contributed by atoms with van der Waals surface area (Å²) in [7, 11) is 2.13. The van der Waals surface area contributed by atoms with E-state index in [0.717, 1.165) is 36.6 Å². The van der Waals surface area contributed by atoms with E-state index in [9.17, 15) is 0 Å². The Kier molecular flexibility index (Phi) is 3.86. The molecule has 0 saturated carbocycles. The van der Waals surface area contributed by atoms with Crippen LogP contribution in [0.4, 0.5) is 5.13 Å². The monoisotopic (exact) mass is 293 g/mol. The zero-order valence-electron chi connectivity index (χ0n) is 11.1. The molecule has 0 radical (unpaired) electrons. The number of likely N-dealkylation sites (N-methyl/N-ethyl adjacent to an activating group) is 1. The molecule has 0 fully saturated rings. The van der Waals surface area contributed by atoms with E-state index in [0.29, 0.717) is 0 Å². The van der Waals surface area contributed by atoms with Gasteiger partial charge in [-0.1, -0.05) is 6.07 Å². The molecule has 0 bridgehead atoms. The molecule has 1 unspecified atom stereocenters. The van der Waals surface area contributed by atoms with Gasteiger partial charge in [0.05, 0.1) is 5.69 Å². The van der Waals surface area contributed by atoms with Crippen LogP contribution < -0.4 is 10.6 Å². The van der Waals surface area contributed by atoms with Crippen LogP contribution in [-0.2, 0) is 12.8 Å². The van der Waals surface area contributed by atoms with Gasteiger partial charge in [-0.25, -0.2) is 4.98 Å². The summed E-state index contributed by atoms with van der Waals surface area (Å²) in [5, 5.41) is 3.26. The lowest BCUT2D eigenvalue weighted by atomic mass is 9.99. The van der Waals surface area contributed by atoms with Gasteiger partial charge in [0.1, 0.15) is 0 Å². The van der Waals surface area contributed by atoms with Gasteiger partial charge in [0.15, 0.2) is 5.13 Å². The zero-order chi connectivity index (χ0) is 13.2. The molecule has 2 heterocycles. The molecule has 0 aliphatic heterocycles. The van der Waals surface area contributed by atoms with E-state index in [4.69, 9.17) is 10.7 Å². The lowest BCUT2D eigenvalue weighted by Crippen LogP contribution is -2.20. The van der Waals surface area contributed by atoms with Crippen LogP contribution in [0.5, 0.6) is 0 Å². The molecule has 2 N–H and O–H groups in total. The predicted molar refractivity (Wildman–Crippen MR) is 83.3 cm³/mol. The number of hydrogen-bond acceptors (Lipinski definition) is 5. The van der Waals surface area contributed by atoms with Crippen molar-refractivity contribution in [2.24, 2.45) is 5.73 Å². The van der Waals surface area contributed by atoms with Crippen molar-refractivity contribution in [1.82, 2.24) is 4.98 Å². The Labute approximate surface area is 122 Å². The number of nitrogens with zero attached hydrogens (tertiary/aromatic N) is 2. The fourth-order valence-corrected chi connectivity index (χ4v) is 4.29. The Morgan fingerprint density at radius 1 is 1.53 bits per heavy atom. The summed E-state index contributed by atoms with van der Waals surface area (Å²) in [4.78, 5) is 9.85. The Bertz CT molecular complexity index is 533. The van der Waals surface area contributed by atoms with Crippen LogP contribution >= 0.6 is 22.7 Å². The largest absolute Gasteiger partial charge is 0.351 e. The van der Waals surface area contributed by atoms with Gasteiger partial charge in [-0.15, -0.1) is 22.7 Å². The van der Waals surface area contributed by atoms with Crippen molar-refractivity contribution in [2.75, 3.05) is 18.5 Å². The lowest BCUT2D eigenvalue weighted by molar-refractivity contribution is 0.563. The minimum Gasteiger partial charge on any atom is -0.351 e. The summed E-state index contributed by atoms with van der Waals surface area (Å²) >= 11 is 3.65. The summed E-state index contributed by atoms with van der Waals surface area (Å²) in [6.07, 6.45) is 4.52. The van der Waals surface area contributed by atoms with Gasteiger partial charge in [0.25, 0.3) is 0 Å². The quantitative estimate of drug-likeness (QED) is 0.941. The van der Waals surface area contributed by atoms with Crippen molar-refractivity contribution in [2.45, 2.75) is 31.7 Å². The highest BCUT2D eigenvalue weighted by atomic mass is 32.1. The third-order valence-electron chi connectivity index (χ3n) is 3.59. The van der Waals surface area contributed by atoms with E-state index in [-0.39, 0.29) is 6.04 Å². The number of fused-ring (bicyclic) bond motifs is 1. The van der Waals surface area contributed by atoms with Crippen molar-refractivity contribution in [1.29, 1.82) is 0 Å². The molecule has 3 rings (SSSR count). The fourth-order valence-electron chi connectivity index (χ4n) is 2.43. The third kappa shape index (κ3) is 2.83. The summed E-state index contributed by atoms with van der Waals surface area (Å²) in [5.41, 5.74) is 7.29. The van der Waals surface area contributed by atoms with E-state index < -0.39 is 0 Å². The van der Waals surface area contributed by atoms with Crippen molar-refractivity contribution >= 4 is 27.8 Å². The maximum atomic E-state index is 6.14. The van der Waals surface area contributed by atoms with E-state index in [1.165, 1.54) is 16.2 Å². The number of anilines is 1. The topological polar surface area (TPSA) is 42.2 Å². The molecule has 0 aromatic carbocycles. The van der Waals surface area contributed by atoms with E-state index >= 15 is 0 Å². The van der Waals surface area contributed by atoms with Gasteiger partial charge in [-0.2, -0.15) is 0 Å². The van der Waals surface area contributed by atoms with E-state index in [1.54, 1.807) is 0 Å². The molecular weight excluding hydrogens is 274 g/mol. The Morgan fingerprint density at radius 2 is 2.42 bits per heavy atom. The minimum atomic E-state index is 0.152. The first-order valence-corrected chi connectivity index (χ1v) is 8.42. The number of thiophene rings is 1. The van der Waals surface area contributed by atoms with Gasteiger partial charge in [0.2, 0.25) is 0 Å². The molecule has 2 aromatic rings. The minimum absolute atomic E-state index is 0.152. The molecule has 1 aliphatic rings. The second-order valence-electron chi connectivity index (χ2n) is 5.05. The number of rotatable bonds is 4. The number of aryl methyl sites for hydroxylation is 1. The molecular formula is C14H19N3S2. The fraction of sp³-hybridized carbons (Fsp3) is 0.500. The summed E-state index contributed by atoms with van der Waals surface area (Å²) in [6, 6.07) is 4.46. The van der Waals surface area contributed by atoms with Crippen molar-refractivity contribution in [3.8, 4) is 0 Å². The summed E-state index contributed by atoms with van der Waals surface area (Å²) in [5.74, 6) is 0. The van der Waals surface area contributed by atoms with Crippen LogP contribution in [0.15, 0.2) is 17.5 Å². The van der Waals surface area contributed by atoms with Crippen molar-refractivity contribution in [3.05, 3.63) is 33.0 Å². The van der Waals surface area contributed by atoms with Crippen LogP contribution in [0.2, 0.25) is 0 Å². The normalized spacial score (nSPS) is 18.3. The number of hydrogen-bond donors (Lipinski definition) is 1. The average molecular weight is 293 g/mol. The van der Waals surface area contributed by atoms with Crippen molar-refractivity contribution in [3.63, 3.8) is 0 Å². The van der Waals surface area contributed by atoms with E-state index in [2.05, 4.69) is 29.5 Å². The third-order valence-corrected chi connectivity index (χ3v) is 5.77. The maximum Gasteiger partial charge on any atom is 0.185 e. The SMILES string of the molecule is CN(CCc1cccs1)c1nc2c(s1)CCCC2N. The molecule has 0 spiro atoms. The molecule has 3 nitrogen and oxygen atoms in total. The standard InChI is InChI=1S/C14H19N3S2/c1-17(8-7-10-4-3-9-18-10)14-16-13-11(15)5-2-6-12(13)19-14/h3-4,9,11H,2,5-8,15H2,1H3. The van der Waals surface area contributed by atoms with Crippen LogP contribution in [-0.4, -0.2) is 18.6 Å². The first-order valence-electron chi connectivity index (χ1n) is 6.73. The van der Waals surface area contributed by atoms with Crippen LogP contribution in [0.25, 0.3) is 0 Å². The highest BCUT2D eigenvalue weighted by Gasteiger charge is 2.22. The van der Waals surface area contributed by atoms with Crippen LogP contribution in [0, 0.1) is 0 Å². The van der Waals surface area contributed by atoms with Crippen LogP contribution in [0.3, 0.4) is 0 Å². The predicted octanol–water partition coefficient (Wildman–Crippen LogP) is 3.22. The summed E-state index contributed by atoms with van der Waals surface area (Å²) in [6.45, 7) is 1.02. The smallest absolute Gasteiger partial charge is 0.185 e. The molecule has 102 valence electrons. The van der Waals surface area contributed by atoms with Crippen LogP contribution in [0.1, 0.15) is 34.3 Å². The highest BCUT2D eigenvalue weighted by Crippen LogP contribution is 2.35. The maximum absolute atomic E-state index is 6.14. The number of thiazole rings is 1. The first kappa shape index (κ1) is 13.1. The number of nitrogens with two attached hydrogens (primary N) is 1. The zero-order valence-corrected chi connectivity index (χ0v) is 12.8. The van der Waals surface area contributed by atoms with Crippen molar-refractivity contribution < 1.29 is 0 Å². The van der Waals surface area contributed by atoms with Gasteiger partial charge in [-0.05, 0) is 37.1 Å². The van der Waals surface area contributed by atoms with Gasteiger partial charge in [0, 0.05) is 29.4 Å². The van der Waals surface area contributed by atoms with Gasteiger partial charge < -0.3 is 10.6 Å². The lowest BCUT2D eigenvalue weighted by Gasteiger charge is -2.16. The first-order chi connectivity index (χ1) is 9.24. The second-order valence-corrected chi connectivity index (χ2v) is 7.15. The molecule has 5 heteroatoms. The summed E-state index contributed by atoms with van der Waals surface area (Å²) < 4.78 is 0. The average Bonchev–Trinajstić information content (AvgIpc) is 3.05.